The van der Waals surface area contributed by atoms with Gasteiger partial charge >= 0.3 is 5.97 Å². The molecule has 7 nitrogen and oxygen atoms in total. The number of fused-ring (bicyclic) bond motifs is 5. The smallest absolute Gasteiger partial charge is 0.330 e. The lowest BCUT2D eigenvalue weighted by Gasteiger charge is -2.28. The van der Waals surface area contributed by atoms with E-state index in [4.69, 9.17) is 16.3 Å². The van der Waals surface area contributed by atoms with Gasteiger partial charge in [0.2, 0.25) is 11.8 Å². The first kappa shape index (κ1) is 23.0. The second-order valence-corrected chi connectivity index (χ2v) is 10.2. The number of amides is 3. The van der Waals surface area contributed by atoms with Crippen LogP contribution < -0.4 is 5.32 Å². The molecule has 2 bridgehead atoms. The fourth-order valence-electron chi connectivity index (χ4n) is 5.07. The maximum absolute atomic E-state index is 13.1. The van der Waals surface area contributed by atoms with E-state index in [0.29, 0.717) is 20.7 Å². The molecule has 0 radical (unpaired) electrons. The molecule has 0 spiro atoms. The fraction of sp³-hybridized carbons (Fsp3) is 0.478. The number of likely N-dealkylation sites (tertiary alicyclic amines) is 1. The summed E-state index contributed by atoms with van der Waals surface area (Å²) in [7, 11) is 0. The minimum absolute atomic E-state index is 0.0574. The molecule has 1 saturated heterocycles. The maximum Gasteiger partial charge on any atom is 0.330 e. The summed E-state index contributed by atoms with van der Waals surface area (Å²) < 4.78 is 5.94. The molecule has 1 aromatic carbocycles. The second-order valence-electron chi connectivity index (χ2n) is 8.93. The van der Waals surface area contributed by atoms with E-state index in [1.165, 1.54) is 0 Å². The molecular weight excluding hydrogens is 500 g/mol. The SMILES string of the molecule is Cc1c(NC(=O)COC(=O)[C@H](C(C)C)N2C(=O)[C@@H]3[C@@H](C2=O)[C@H]2C=C[C@H]3C2)ccc(Br)c1Cl. The van der Waals surface area contributed by atoms with Crippen molar-refractivity contribution in [1.82, 2.24) is 4.90 Å². The lowest BCUT2D eigenvalue weighted by Crippen LogP contribution is -2.50. The van der Waals surface area contributed by atoms with Crippen molar-refractivity contribution in [1.29, 1.82) is 0 Å². The van der Waals surface area contributed by atoms with E-state index in [1.54, 1.807) is 32.9 Å². The van der Waals surface area contributed by atoms with Crippen molar-refractivity contribution < 1.29 is 23.9 Å². The Hall–Kier alpha value is -2.19. The molecule has 1 saturated carbocycles. The van der Waals surface area contributed by atoms with Gasteiger partial charge in [-0.15, -0.1) is 0 Å². The summed E-state index contributed by atoms with van der Waals surface area (Å²) >= 11 is 9.50. The molecule has 9 heteroatoms. The predicted molar refractivity (Wildman–Crippen MR) is 122 cm³/mol. The number of ether oxygens (including phenoxy) is 1. The maximum atomic E-state index is 13.1. The molecular formula is C23H24BrClN2O5. The van der Waals surface area contributed by atoms with Crippen molar-refractivity contribution in [3.8, 4) is 0 Å². The van der Waals surface area contributed by atoms with Crippen LogP contribution in [-0.2, 0) is 23.9 Å². The monoisotopic (exact) mass is 522 g/mol. The summed E-state index contributed by atoms with van der Waals surface area (Å²) in [6, 6.07) is 2.33. The Bertz CT molecular complexity index is 1010. The van der Waals surface area contributed by atoms with E-state index in [2.05, 4.69) is 21.2 Å². The van der Waals surface area contributed by atoms with Crippen molar-refractivity contribution in [2.24, 2.45) is 29.6 Å². The van der Waals surface area contributed by atoms with Crippen molar-refractivity contribution in [2.75, 3.05) is 11.9 Å². The van der Waals surface area contributed by atoms with Crippen LogP contribution in [0.15, 0.2) is 28.8 Å². The summed E-state index contributed by atoms with van der Waals surface area (Å²) in [5, 5.41) is 3.14. The van der Waals surface area contributed by atoms with Crippen LogP contribution in [0.2, 0.25) is 5.02 Å². The second kappa shape index (κ2) is 8.63. The van der Waals surface area contributed by atoms with Crippen LogP contribution in [0.5, 0.6) is 0 Å². The number of nitrogens with zero attached hydrogens (tertiary/aromatic N) is 1. The molecule has 170 valence electrons. The van der Waals surface area contributed by atoms with E-state index in [0.717, 1.165) is 11.3 Å². The summed E-state index contributed by atoms with van der Waals surface area (Å²) in [5.41, 5.74) is 1.17. The van der Waals surface area contributed by atoms with Crippen LogP contribution in [0, 0.1) is 36.5 Å². The molecule has 5 atom stereocenters. The van der Waals surface area contributed by atoms with Crippen LogP contribution >= 0.6 is 27.5 Å². The van der Waals surface area contributed by atoms with Gasteiger partial charge in [0.1, 0.15) is 6.04 Å². The zero-order chi connectivity index (χ0) is 23.3. The third-order valence-corrected chi connectivity index (χ3v) is 7.99. The molecule has 4 rings (SSSR count). The van der Waals surface area contributed by atoms with Gasteiger partial charge in [0.15, 0.2) is 6.61 Å². The first-order valence-electron chi connectivity index (χ1n) is 10.6. The number of allylic oxidation sites excluding steroid dienone is 2. The van der Waals surface area contributed by atoms with Crippen LogP contribution in [-0.4, -0.2) is 41.2 Å². The van der Waals surface area contributed by atoms with Crippen molar-refractivity contribution in [2.45, 2.75) is 33.2 Å². The van der Waals surface area contributed by atoms with E-state index in [9.17, 15) is 19.2 Å². The van der Waals surface area contributed by atoms with Crippen molar-refractivity contribution >= 4 is 56.9 Å². The summed E-state index contributed by atoms with van der Waals surface area (Å²) in [4.78, 5) is 52.5. The van der Waals surface area contributed by atoms with Crippen molar-refractivity contribution in [3.63, 3.8) is 0 Å². The number of carbonyl (C=O) groups excluding carboxylic acids is 4. The Morgan fingerprint density at radius 1 is 1.19 bits per heavy atom. The number of rotatable bonds is 6. The van der Waals surface area contributed by atoms with E-state index in [1.807, 2.05) is 12.2 Å². The van der Waals surface area contributed by atoms with Gasteiger partial charge in [0.25, 0.3) is 5.91 Å². The van der Waals surface area contributed by atoms with Gasteiger partial charge < -0.3 is 10.1 Å². The van der Waals surface area contributed by atoms with Crippen LogP contribution in [0.25, 0.3) is 0 Å². The number of carbonyl (C=O) groups is 4. The van der Waals surface area contributed by atoms with E-state index < -0.39 is 24.5 Å². The molecule has 2 aliphatic carbocycles. The molecule has 0 aromatic heterocycles. The van der Waals surface area contributed by atoms with Gasteiger partial charge in [-0.3, -0.25) is 19.3 Å². The molecule has 32 heavy (non-hydrogen) atoms. The molecule has 3 aliphatic rings. The Balaban J connectivity index is 1.42. The minimum atomic E-state index is -1.06. The zero-order valence-electron chi connectivity index (χ0n) is 17.9. The number of imide groups is 1. The highest BCUT2D eigenvalue weighted by molar-refractivity contribution is 9.10. The zero-order valence-corrected chi connectivity index (χ0v) is 20.3. The number of nitrogens with one attached hydrogen (secondary N) is 1. The first-order valence-corrected chi connectivity index (χ1v) is 11.7. The van der Waals surface area contributed by atoms with E-state index >= 15 is 0 Å². The highest BCUT2D eigenvalue weighted by atomic mass is 79.9. The average Bonchev–Trinajstić information content (AvgIpc) is 3.42. The van der Waals surface area contributed by atoms with Crippen LogP contribution in [0.3, 0.4) is 0 Å². The molecule has 3 amide bonds. The van der Waals surface area contributed by atoms with Crippen molar-refractivity contribution in [3.05, 3.63) is 39.3 Å². The summed E-state index contributed by atoms with van der Waals surface area (Å²) in [5.74, 6) is -2.93. The average molecular weight is 524 g/mol. The van der Waals surface area contributed by atoms with Gasteiger partial charge in [-0.1, -0.05) is 37.6 Å². The Labute approximate surface area is 199 Å². The first-order chi connectivity index (χ1) is 15.1. The molecule has 1 N–H and O–H groups in total. The van der Waals surface area contributed by atoms with Gasteiger partial charge in [0.05, 0.1) is 16.9 Å². The Kier molecular flexibility index (Phi) is 6.20. The quantitative estimate of drug-likeness (QED) is 0.348. The van der Waals surface area contributed by atoms with Gasteiger partial charge in [0, 0.05) is 10.2 Å². The van der Waals surface area contributed by atoms with Crippen LogP contribution in [0.1, 0.15) is 25.8 Å². The summed E-state index contributed by atoms with van der Waals surface area (Å²) in [6.07, 6.45) is 4.82. The molecule has 0 unspecified atom stereocenters. The van der Waals surface area contributed by atoms with Gasteiger partial charge in [-0.2, -0.15) is 0 Å². The largest absolute Gasteiger partial charge is 0.454 e. The number of hydrogen-bond acceptors (Lipinski definition) is 5. The highest BCUT2D eigenvalue weighted by Gasteiger charge is 2.61. The topological polar surface area (TPSA) is 92.8 Å². The fourth-order valence-corrected chi connectivity index (χ4v) is 5.67. The normalized spacial score (nSPS) is 26.6. The standard InChI is InChI=1S/C23H24BrClN2O5/c1-10(2)20(27-21(29)17-12-4-5-13(8-12)18(17)22(27)30)23(31)32-9-16(28)26-15-7-6-14(24)19(25)11(15)3/h4-7,10,12-13,17-18,20H,8-9H2,1-3H3,(H,26,28)/t12-,13-,17-,18-,20-/m0/s1. The number of benzene rings is 1. The minimum Gasteiger partial charge on any atom is -0.454 e. The lowest BCUT2D eigenvalue weighted by atomic mass is 9.85. The third-order valence-electron chi connectivity index (χ3n) is 6.61. The highest BCUT2D eigenvalue weighted by Crippen LogP contribution is 2.53. The third kappa shape index (κ3) is 3.77. The number of halogens is 2. The van der Waals surface area contributed by atoms with Gasteiger partial charge in [-0.25, -0.2) is 4.79 Å². The predicted octanol–water partition coefficient (Wildman–Crippen LogP) is 3.72. The number of anilines is 1. The molecule has 1 aliphatic heterocycles. The number of esters is 1. The lowest BCUT2D eigenvalue weighted by molar-refractivity contribution is -0.162. The summed E-state index contributed by atoms with van der Waals surface area (Å²) in [6.45, 7) is 4.72. The van der Waals surface area contributed by atoms with E-state index in [-0.39, 0.29) is 41.4 Å². The molecule has 1 aromatic rings. The van der Waals surface area contributed by atoms with Crippen LogP contribution in [0.4, 0.5) is 5.69 Å². The molecule has 2 fully saturated rings. The Morgan fingerprint density at radius 2 is 1.78 bits per heavy atom. The van der Waals surface area contributed by atoms with Gasteiger partial charge in [-0.05, 0) is 64.7 Å². The molecule has 1 heterocycles. The Morgan fingerprint density at radius 3 is 2.34 bits per heavy atom. The number of hydrogen-bond donors (Lipinski definition) is 1.